The fraction of sp³-hybridized carbons (Fsp3) is 0.466. The smallest absolute Gasteiger partial charge is 0.167 e. The summed E-state index contributed by atoms with van der Waals surface area (Å²) in [6, 6.07) is 43.9. The summed E-state index contributed by atoms with van der Waals surface area (Å²) < 4.78 is 36.2. The molecule has 4 atom stereocenters. The first-order chi connectivity index (χ1) is 45.7. The topological polar surface area (TPSA) is 126 Å². The molecule has 0 amide bonds. The molecule has 10 nitrogen and oxygen atoms in total. The number of aryl methyl sites for hydroxylation is 3. The Bertz CT molecular complexity index is 4520. The monoisotopic (exact) mass is 1320 g/mol. The maximum Gasteiger partial charge on any atom is 0.167 e. The average Bonchev–Trinajstić information content (AvgIpc) is 1.56. The SMILES string of the molecule is CCc1cc(C(C)(C)C)cc(C)c1OCC(C)=O.Cc1cc(C(C)(C)C)cc2c1OC[C@@]1(C)c3ccc([nH]3)C3(C)COc4ccc(C(C)(C)C)cc4Cc4cc(C(C)(C)C)cc5c4OCC(C)(c4ccc3[nH]4)c3ccc([nH]3)[C@@](C)(COc3c(cc(C(C)(C)C)cc3C5)C2)c2ccc1[nH]2. The summed E-state index contributed by atoms with van der Waals surface area (Å²) in [7, 11) is 0. The molecule has 0 fully saturated rings. The minimum atomic E-state index is -0.686. The van der Waals surface area contributed by atoms with Crippen molar-refractivity contribution in [2.75, 3.05) is 33.0 Å². The molecule has 4 N–H and O–H groups in total. The quantitative estimate of drug-likeness (QED) is 0.139. The van der Waals surface area contributed by atoms with E-state index in [-0.39, 0.29) is 39.5 Å². The number of H-pyrrole nitrogens is 4. The van der Waals surface area contributed by atoms with E-state index in [0.717, 1.165) is 125 Å². The van der Waals surface area contributed by atoms with Gasteiger partial charge < -0.3 is 43.6 Å². The lowest BCUT2D eigenvalue weighted by Crippen LogP contribution is -2.37. The third kappa shape index (κ3) is 13.0. The summed E-state index contributed by atoms with van der Waals surface area (Å²) >= 11 is 0. The summed E-state index contributed by atoms with van der Waals surface area (Å²) in [5, 5.41) is 0. The van der Waals surface area contributed by atoms with Crippen molar-refractivity contribution in [3.63, 3.8) is 0 Å². The third-order valence-electron chi connectivity index (χ3n) is 22.1. The minimum Gasteiger partial charge on any atom is -0.492 e. The molecule has 5 aromatic carbocycles. The van der Waals surface area contributed by atoms with Crippen molar-refractivity contribution in [3.05, 3.63) is 239 Å². The van der Waals surface area contributed by atoms with E-state index in [0.29, 0.717) is 45.7 Å². The molecular formula is C88H110N4O6. The fourth-order valence-electron chi connectivity index (χ4n) is 15.0. The number of aromatic amines is 4. The number of carbonyl (C=O) groups is 1. The van der Waals surface area contributed by atoms with Crippen LogP contribution in [0.4, 0.5) is 0 Å². The van der Waals surface area contributed by atoms with Gasteiger partial charge in [0.25, 0.3) is 0 Å². The number of nitrogens with one attached hydrogen (secondary N) is 4. The molecular weight excluding hydrogens is 1210 g/mol. The van der Waals surface area contributed by atoms with Crippen LogP contribution >= 0.6 is 0 Å². The third-order valence-corrected chi connectivity index (χ3v) is 22.1. The van der Waals surface area contributed by atoms with Gasteiger partial charge in [-0.25, -0.2) is 0 Å². The number of ether oxygens (including phenoxy) is 5. The minimum absolute atomic E-state index is 0.0522. The van der Waals surface area contributed by atoms with Gasteiger partial charge in [0.1, 0.15) is 61.8 Å². The second kappa shape index (κ2) is 24.7. The zero-order valence-electron chi connectivity index (χ0n) is 63.3. The molecule has 4 aliphatic rings. The lowest BCUT2D eigenvalue weighted by Gasteiger charge is -2.35. The normalized spacial score (nSPS) is 20.7. The first kappa shape index (κ1) is 69.8. The molecule has 2 unspecified atom stereocenters. The molecule has 0 spiro atoms. The molecule has 0 radical (unpaired) electrons. The van der Waals surface area contributed by atoms with Gasteiger partial charge in [0.15, 0.2) is 5.78 Å². The standard InChI is InChI=1S/C72H86N4O4.C16H24O2/c1-42-28-50(66(5,6)7)33-44-30-46-35-52(68(11,12)13)37-48-31-47-36-51(67(8,9)10)34-45-29-43-32-49(65(2,3)4)18-19-53(43)77-38-69(14)54-20-22-56(73-54)70(15,39-78-62(42)44)57-24-25-59(75-57)72(17,41-80-64(46)48)61-27-26-60(76-61)71(16,40-79-63(45)47)58-23-21-55(69)74-58;1-7-13-9-14(16(4,5)6)8-11(2)15(13)18-10-12(3)17/h18-28,32-37,73-76H,29-31,38-41H2,1-17H3;8-9H,7,10H2,1-6H3/t69?,70-,71?,72-;/m0./s1. The van der Waals surface area contributed by atoms with Gasteiger partial charge in [-0.05, 0) is 214 Å². The summed E-state index contributed by atoms with van der Waals surface area (Å²) in [6.45, 7) is 53.3. The van der Waals surface area contributed by atoms with Crippen LogP contribution in [0.25, 0.3) is 0 Å². The van der Waals surface area contributed by atoms with E-state index < -0.39 is 21.7 Å². The Morgan fingerprint density at radius 2 is 0.684 bits per heavy atom. The lowest BCUT2D eigenvalue weighted by atomic mass is 9.80. The Hall–Kier alpha value is -8.11. The molecule has 14 bridgehead atoms. The number of hydrogen-bond donors (Lipinski definition) is 4. The van der Waals surface area contributed by atoms with E-state index in [1.165, 1.54) is 33.4 Å². The van der Waals surface area contributed by atoms with Crippen LogP contribution in [-0.4, -0.2) is 58.8 Å². The van der Waals surface area contributed by atoms with Gasteiger partial charge in [0.2, 0.25) is 0 Å². The largest absolute Gasteiger partial charge is 0.492 e. The number of ketones is 1. The van der Waals surface area contributed by atoms with Crippen LogP contribution in [0.5, 0.6) is 28.7 Å². The predicted molar refractivity (Wildman–Crippen MR) is 400 cm³/mol. The second-order valence-electron chi connectivity index (χ2n) is 35.4. The molecule has 13 rings (SSSR count). The predicted octanol–water partition coefficient (Wildman–Crippen LogP) is 19.9. The maximum atomic E-state index is 11.0. The Kier molecular flexibility index (Phi) is 17.6. The lowest BCUT2D eigenvalue weighted by molar-refractivity contribution is -0.118. The molecule has 10 heteroatoms. The molecule has 4 aliphatic heterocycles. The highest BCUT2D eigenvalue weighted by Crippen LogP contribution is 2.49. The zero-order valence-corrected chi connectivity index (χ0v) is 63.3. The average molecular weight is 1320 g/mol. The molecule has 518 valence electrons. The van der Waals surface area contributed by atoms with Crippen molar-refractivity contribution in [2.45, 2.75) is 234 Å². The van der Waals surface area contributed by atoms with Crippen molar-refractivity contribution < 1.29 is 28.5 Å². The summed E-state index contributed by atoms with van der Waals surface area (Å²) in [6.07, 6.45) is 2.72. The Morgan fingerprint density at radius 1 is 0.388 bits per heavy atom. The first-order valence-electron chi connectivity index (χ1n) is 35.9. The summed E-state index contributed by atoms with van der Waals surface area (Å²) in [5.74, 6) is 4.52. The van der Waals surface area contributed by atoms with Crippen molar-refractivity contribution >= 4 is 5.78 Å². The van der Waals surface area contributed by atoms with Gasteiger partial charge >= 0.3 is 0 Å². The van der Waals surface area contributed by atoms with Gasteiger partial charge in [-0.2, -0.15) is 0 Å². The first-order valence-corrected chi connectivity index (χ1v) is 35.9. The fourth-order valence-corrected chi connectivity index (χ4v) is 15.0. The Balaban J connectivity index is 0.000000443. The number of aromatic nitrogens is 4. The number of fused-ring (bicyclic) bond motifs is 8. The number of rotatable bonds is 4. The van der Waals surface area contributed by atoms with E-state index >= 15 is 0 Å². The Morgan fingerprint density at radius 3 is 1.03 bits per heavy atom. The van der Waals surface area contributed by atoms with Gasteiger partial charge in [0, 0.05) is 64.8 Å². The molecule has 0 aliphatic carbocycles. The summed E-state index contributed by atoms with van der Waals surface area (Å²) in [5.41, 5.74) is 21.8. The summed E-state index contributed by atoms with van der Waals surface area (Å²) in [4.78, 5) is 27.5. The van der Waals surface area contributed by atoms with Crippen LogP contribution < -0.4 is 23.7 Å². The van der Waals surface area contributed by atoms with E-state index in [9.17, 15) is 4.79 Å². The van der Waals surface area contributed by atoms with Gasteiger partial charge in [-0.1, -0.05) is 171 Å². The zero-order chi connectivity index (χ0) is 70.8. The van der Waals surface area contributed by atoms with E-state index in [2.05, 4.69) is 281 Å². The van der Waals surface area contributed by atoms with Crippen LogP contribution in [0, 0.1) is 13.8 Å². The van der Waals surface area contributed by atoms with Crippen LogP contribution in [0.15, 0.2) is 115 Å². The molecule has 9 aromatic rings. The number of carbonyl (C=O) groups excluding carboxylic acids is 1. The molecule has 98 heavy (non-hydrogen) atoms. The molecule has 0 saturated carbocycles. The van der Waals surface area contributed by atoms with Crippen LogP contribution in [0.2, 0.25) is 0 Å². The molecule has 0 saturated heterocycles. The highest BCUT2D eigenvalue weighted by atomic mass is 16.5. The van der Waals surface area contributed by atoms with Crippen LogP contribution in [0.3, 0.4) is 0 Å². The number of hydrogen-bond acceptors (Lipinski definition) is 6. The van der Waals surface area contributed by atoms with Crippen molar-refractivity contribution in [1.82, 2.24) is 19.9 Å². The van der Waals surface area contributed by atoms with Crippen molar-refractivity contribution in [2.24, 2.45) is 0 Å². The number of benzene rings is 5. The Labute approximate surface area is 585 Å². The number of Topliss-reactive ketones (excluding diaryl/α,β-unsaturated/α-hetero) is 1. The van der Waals surface area contributed by atoms with Crippen LogP contribution in [0.1, 0.15) is 269 Å². The molecule has 4 aromatic heterocycles. The van der Waals surface area contributed by atoms with E-state index in [1.54, 1.807) is 6.92 Å². The van der Waals surface area contributed by atoms with Gasteiger partial charge in [0.05, 0.1) is 21.7 Å². The van der Waals surface area contributed by atoms with Crippen molar-refractivity contribution in [1.29, 1.82) is 0 Å². The molecule has 8 heterocycles. The highest BCUT2D eigenvalue weighted by Gasteiger charge is 2.45. The van der Waals surface area contributed by atoms with Crippen LogP contribution in [-0.2, 0) is 79.2 Å². The van der Waals surface area contributed by atoms with Gasteiger partial charge in [-0.3, -0.25) is 4.79 Å². The highest BCUT2D eigenvalue weighted by molar-refractivity contribution is 5.77. The second-order valence-corrected chi connectivity index (χ2v) is 35.4. The van der Waals surface area contributed by atoms with E-state index in [1.807, 2.05) is 6.92 Å². The van der Waals surface area contributed by atoms with Crippen molar-refractivity contribution in [3.8, 4) is 28.7 Å². The van der Waals surface area contributed by atoms with E-state index in [4.69, 9.17) is 23.7 Å². The maximum absolute atomic E-state index is 11.0. The van der Waals surface area contributed by atoms with Gasteiger partial charge in [-0.15, -0.1) is 0 Å².